The Morgan fingerprint density at radius 2 is 2.47 bits per heavy atom. The first kappa shape index (κ1) is 13.1. The van der Waals surface area contributed by atoms with Gasteiger partial charge < -0.3 is 10.1 Å². The van der Waals surface area contributed by atoms with Gasteiger partial charge in [0.15, 0.2) is 0 Å². The van der Waals surface area contributed by atoms with Crippen LogP contribution in [0.3, 0.4) is 0 Å². The molecule has 1 N–H and O–H groups in total. The van der Waals surface area contributed by atoms with Gasteiger partial charge in [0.2, 0.25) is 5.82 Å². The number of aromatic nitrogens is 1. The average Bonchev–Trinajstić information content (AvgIpc) is 2.30. The number of nitrogens with zero attached hydrogens (tertiary/aromatic N) is 2. The summed E-state index contributed by atoms with van der Waals surface area (Å²) in [5, 5.41) is 13.7. The number of aryl methyl sites for hydroxylation is 1. The molecular formula is C11H15N3O3. The zero-order valence-corrected chi connectivity index (χ0v) is 9.68. The minimum atomic E-state index is -0.451. The highest BCUT2D eigenvalue weighted by atomic mass is 16.6. The van der Waals surface area contributed by atoms with Gasteiger partial charge in [-0.15, -0.1) is 6.58 Å². The summed E-state index contributed by atoms with van der Waals surface area (Å²) >= 11 is 0. The molecule has 92 valence electrons. The van der Waals surface area contributed by atoms with Crippen LogP contribution in [0.5, 0.6) is 0 Å². The molecule has 0 saturated carbocycles. The number of hydrogen-bond donors (Lipinski definition) is 1. The van der Waals surface area contributed by atoms with E-state index in [0.29, 0.717) is 19.8 Å². The maximum absolute atomic E-state index is 10.8. The van der Waals surface area contributed by atoms with Gasteiger partial charge in [-0.3, -0.25) is 10.1 Å². The molecule has 0 aliphatic carbocycles. The number of anilines is 1. The summed E-state index contributed by atoms with van der Waals surface area (Å²) in [7, 11) is 0. The summed E-state index contributed by atoms with van der Waals surface area (Å²) in [4.78, 5) is 14.3. The first-order valence-electron chi connectivity index (χ1n) is 5.18. The van der Waals surface area contributed by atoms with Crippen molar-refractivity contribution in [2.45, 2.75) is 6.92 Å². The number of nitro groups is 1. The van der Waals surface area contributed by atoms with E-state index in [1.165, 1.54) is 6.07 Å². The SMILES string of the molecule is C=CCOCCNc1ncc(C)cc1[N+](=O)[O-]. The maximum Gasteiger partial charge on any atom is 0.311 e. The molecule has 0 bridgehead atoms. The lowest BCUT2D eigenvalue weighted by Gasteiger charge is -2.06. The number of rotatable bonds is 7. The number of ether oxygens (including phenoxy) is 1. The van der Waals surface area contributed by atoms with Crippen molar-refractivity contribution in [3.05, 3.63) is 40.6 Å². The van der Waals surface area contributed by atoms with Gasteiger partial charge in [-0.2, -0.15) is 0 Å². The van der Waals surface area contributed by atoms with Gasteiger partial charge in [0.25, 0.3) is 0 Å². The van der Waals surface area contributed by atoms with E-state index in [2.05, 4.69) is 16.9 Å². The van der Waals surface area contributed by atoms with Crippen LogP contribution in [-0.4, -0.2) is 29.7 Å². The highest BCUT2D eigenvalue weighted by Crippen LogP contribution is 2.21. The standard InChI is InChI=1S/C11H15N3O3/c1-3-5-17-6-4-12-11-10(14(15)16)7-9(2)8-13-11/h3,7-8H,1,4-6H2,2H3,(H,12,13). The van der Waals surface area contributed by atoms with Crippen molar-refractivity contribution in [1.29, 1.82) is 0 Å². The van der Waals surface area contributed by atoms with Gasteiger partial charge in [-0.25, -0.2) is 4.98 Å². The number of hydrogen-bond acceptors (Lipinski definition) is 5. The molecule has 1 aromatic heterocycles. The van der Waals surface area contributed by atoms with Crippen LogP contribution in [0.1, 0.15) is 5.56 Å². The zero-order valence-electron chi connectivity index (χ0n) is 9.68. The second-order valence-electron chi connectivity index (χ2n) is 3.43. The molecular weight excluding hydrogens is 222 g/mol. The summed E-state index contributed by atoms with van der Waals surface area (Å²) in [6.07, 6.45) is 3.23. The molecule has 0 fully saturated rings. The third kappa shape index (κ3) is 4.20. The molecule has 0 amide bonds. The Morgan fingerprint density at radius 1 is 1.71 bits per heavy atom. The van der Waals surface area contributed by atoms with Crippen LogP contribution < -0.4 is 5.32 Å². The second-order valence-corrected chi connectivity index (χ2v) is 3.43. The van der Waals surface area contributed by atoms with Crippen LogP contribution in [0.4, 0.5) is 11.5 Å². The van der Waals surface area contributed by atoms with E-state index in [1.807, 2.05) is 0 Å². The Labute approximate surface area is 99.5 Å². The van der Waals surface area contributed by atoms with Gasteiger partial charge in [-0.1, -0.05) is 6.08 Å². The lowest BCUT2D eigenvalue weighted by atomic mass is 10.3. The smallest absolute Gasteiger partial charge is 0.311 e. The van der Waals surface area contributed by atoms with E-state index >= 15 is 0 Å². The van der Waals surface area contributed by atoms with Crippen LogP contribution in [0.15, 0.2) is 24.9 Å². The molecule has 6 nitrogen and oxygen atoms in total. The topological polar surface area (TPSA) is 77.3 Å². The van der Waals surface area contributed by atoms with Crippen molar-refractivity contribution in [3.8, 4) is 0 Å². The van der Waals surface area contributed by atoms with E-state index in [1.54, 1.807) is 19.2 Å². The van der Waals surface area contributed by atoms with E-state index < -0.39 is 4.92 Å². The fraction of sp³-hybridized carbons (Fsp3) is 0.364. The van der Waals surface area contributed by atoms with Crippen molar-refractivity contribution in [1.82, 2.24) is 4.98 Å². The third-order valence-corrected chi connectivity index (χ3v) is 1.98. The number of pyridine rings is 1. The van der Waals surface area contributed by atoms with Gasteiger partial charge in [-0.05, 0) is 12.5 Å². The maximum atomic E-state index is 10.8. The molecule has 0 aromatic carbocycles. The predicted octanol–water partition coefficient (Wildman–Crippen LogP) is 1.91. The van der Waals surface area contributed by atoms with Crippen molar-refractivity contribution < 1.29 is 9.66 Å². The minimum absolute atomic E-state index is 0.0197. The Morgan fingerprint density at radius 3 is 3.12 bits per heavy atom. The monoisotopic (exact) mass is 237 g/mol. The van der Waals surface area contributed by atoms with E-state index in [0.717, 1.165) is 5.56 Å². The van der Waals surface area contributed by atoms with Gasteiger partial charge in [0.05, 0.1) is 18.1 Å². The molecule has 1 rings (SSSR count). The molecule has 0 saturated heterocycles. The molecule has 17 heavy (non-hydrogen) atoms. The molecule has 0 radical (unpaired) electrons. The summed E-state index contributed by atoms with van der Waals surface area (Å²) in [5.41, 5.74) is 0.735. The van der Waals surface area contributed by atoms with Crippen molar-refractivity contribution in [3.63, 3.8) is 0 Å². The fourth-order valence-corrected chi connectivity index (χ4v) is 1.24. The molecule has 0 atom stereocenters. The van der Waals surface area contributed by atoms with Crippen LogP contribution in [0.2, 0.25) is 0 Å². The fourth-order valence-electron chi connectivity index (χ4n) is 1.24. The molecule has 0 unspecified atom stereocenters. The predicted molar refractivity (Wildman–Crippen MR) is 65.1 cm³/mol. The van der Waals surface area contributed by atoms with Crippen molar-refractivity contribution in [2.24, 2.45) is 0 Å². The molecule has 0 spiro atoms. The summed E-state index contributed by atoms with van der Waals surface area (Å²) < 4.78 is 5.15. The summed E-state index contributed by atoms with van der Waals surface area (Å²) in [6.45, 7) is 6.65. The highest BCUT2D eigenvalue weighted by Gasteiger charge is 2.14. The molecule has 6 heteroatoms. The van der Waals surface area contributed by atoms with Crippen LogP contribution in [0, 0.1) is 17.0 Å². The van der Waals surface area contributed by atoms with E-state index in [4.69, 9.17) is 4.74 Å². The van der Waals surface area contributed by atoms with Crippen LogP contribution >= 0.6 is 0 Å². The lowest BCUT2D eigenvalue weighted by molar-refractivity contribution is -0.384. The molecule has 1 heterocycles. The van der Waals surface area contributed by atoms with Gasteiger partial charge in [0.1, 0.15) is 0 Å². The lowest BCUT2D eigenvalue weighted by Crippen LogP contribution is -2.11. The Balaban J connectivity index is 2.58. The minimum Gasteiger partial charge on any atom is -0.376 e. The summed E-state index contributed by atoms with van der Waals surface area (Å²) in [5.74, 6) is 0.266. The van der Waals surface area contributed by atoms with E-state index in [-0.39, 0.29) is 11.5 Å². The van der Waals surface area contributed by atoms with Crippen molar-refractivity contribution in [2.75, 3.05) is 25.1 Å². The van der Waals surface area contributed by atoms with Crippen LogP contribution in [-0.2, 0) is 4.74 Å². The molecule has 0 aliphatic heterocycles. The van der Waals surface area contributed by atoms with E-state index in [9.17, 15) is 10.1 Å². The Bertz CT molecular complexity index is 407. The first-order chi connectivity index (χ1) is 8.15. The van der Waals surface area contributed by atoms with Gasteiger partial charge in [0, 0.05) is 18.8 Å². The highest BCUT2D eigenvalue weighted by molar-refractivity contribution is 5.56. The van der Waals surface area contributed by atoms with Crippen LogP contribution in [0.25, 0.3) is 0 Å². The number of nitrogens with one attached hydrogen (secondary N) is 1. The normalized spacial score (nSPS) is 9.94. The van der Waals surface area contributed by atoms with Crippen molar-refractivity contribution >= 4 is 11.5 Å². The first-order valence-corrected chi connectivity index (χ1v) is 5.18. The summed E-state index contributed by atoms with van der Waals surface area (Å²) in [6, 6.07) is 1.49. The average molecular weight is 237 g/mol. The molecule has 1 aromatic rings. The largest absolute Gasteiger partial charge is 0.376 e. The second kappa shape index (κ2) is 6.59. The Hall–Kier alpha value is -1.95. The molecule has 0 aliphatic rings. The van der Waals surface area contributed by atoms with Gasteiger partial charge >= 0.3 is 5.69 Å². The third-order valence-electron chi connectivity index (χ3n) is 1.98. The Kier molecular flexibility index (Phi) is 5.09. The zero-order chi connectivity index (χ0) is 12.7. The quantitative estimate of drug-likeness (QED) is 0.339.